The summed E-state index contributed by atoms with van der Waals surface area (Å²) in [6.45, 7) is 0.571. The summed E-state index contributed by atoms with van der Waals surface area (Å²) in [5.74, 6) is 1.44. The predicted molar refractivity (Wildman–Crippen MR) is 96.5 cm³/mol. The Morgan fingerprint density at radius 1 is 0.808 bits per heavy atom. The van der Waals surface area contributed by atoms with Gasteiger partial charge < -0.3 is 5.32 Å². The number of anilines is 1. The van der Waals surface area contributed by atoms with Crippen LogP contribution in [0.25, 0.3) is 22.7 Å². The van der Waals surface area contributed by atoms with E-state index >= 15 is 0 Å². The SMILES string of the molecule is c1ccc(-c2nnc3ccc(NCc4ccnc5ccnn45)nn23)cc1. The first-order valence-corrected chi connectivity index (χ1v) is 8.18. The maximum atomic E-state index is 4.63. The minimum Gasteiger partial charge on any atom is -0.363 e. The molecule has 126 valence electrons. The molecule has 0 unspecified atom stereocenters. The average Bonchev–Trinajstić information content (AvgIpc) is 3.33. The molecule has 4 aromatic heterocycles. The molecule has 8 heteroatoms. The average molecular weight is 342 g/mol. The monoisotopic (exact) mass is 342 g/mol. The first-order chi connectivity index (χ1) is 12.9. The van der Waals surface area contributed by atoms with Crippen molar-refractivity contribution in [2.45, 2.75) is 6.54 Å². The largest absolute Gasteiger partial charge is 0.363 e. The van der Waals surface area contributed by atoms with Gasteiger partial charge in [-0.15, -0.1) is 15.3 Å². The topological polar surface area (TPSA) is 85.3 Å². The Morgan fingerprint density at radius 2 is 1.73 bits per heavy atom. The summed E-state index contributed by atoms with van der Waals surface area (Å²) in [4.78, 5) is 4.27. The quantitative estimate of drug-likeness (QED) is 0.540. The number of aromatic nitrogens is 7. The van der Waals surface area contributed by atoms with Crippen LogP contribution in [0.5, 0.6) is 0 Å². The summed E-state index contributed by atoms with van der Waals surface area (Å²) in [6.07, 6.45) is 3.51. The minimum absolute atomic E-state index is 0.571. The second-order valence-corrected chi connectivity index (χ2v) is 5.77. The Labute approximate surface area is 148 Å². The fourth-order valence-electron chi connectivity index (χ4n) is 2.85. The van der Waals surface area contributed by atoms with Crippen molar-refractivity contribution in [3.63, 3.8) is 0 Å². The van der Waals surface area contributed by atoms with Gasteiger partial charge in [0.2, 0.25) is 0 Å². The molecule has 0 aliphatic carbocycles. The summed E-state index contributed by atoms with van der Waals surface area (Å²) in [5, 5.41) is 20.7. The van der Waals surface area contributed by atoms with Gasteiger partial charge in [-0.25, -0.2) is 9.50 Å². The maximum Gasteiger partial charge on any atom is 0.185 e. The van der Waals surface area contributed by atoms with Crippen LogP contribution in [0.2, 0.25) is 0 Å². The third kappa shape index (κ3) is 2.44. The fourth-order valence-corrected chi connectivity index (χ4v) is 2.85. The lowest BCUT2D eigenvalue weighted by Crippen LogP contribution is -2.09. The molecule has 0 fully saturated rings. The Kier molecular flexibility index (Phi) is 3.31. The fraction of sp³-hybridized carbons (Fsp3) is 0.0556. The zero-order valence-electron chi connectivity index (χ0n) is 13.7. The van der Waals surface area contributed by atoms with Crippen LogP contribution < -0.4 is 5.32 Å². The van der Waals surface area contributed by atoms with Gasteiger partial charge in [0.1, 0.15) is 5.82 Å². The van der Waals surface area contributed by atoms with Crippen molar-refractivity contribution in [1.82, 2.24) is 34.4 Å². The number of nitrogens with zero attached hydrogens (tertiary/aromatic N) is 7. The number of rotatable bonds is 4. The van der Waals surface area contributed by atoms with Gasteiger partial charge in [-0.3, -0.25) is 0 Å². The third-order valence-electron chi connectivity index (χ3n) is 4.11. The van der Waals surface area contributed by atoms with Crippen molar-refractivity contribution in [3.05, 3.63) is 72.7 Å². The Bertz CT molecular complexity index is 1190. The molecule has 1 aromatic carbocycles. The molecule has 0 aliphatic rings. The first kappa shape index (κ1) is 14.5. The van der Waals surface area contributed by atoms with Crippen LogP contribution in [0.1, 0.15) is 5.69 Å². The molecule has 5 rings (SSSR count). The van der Waals surface area contributed by atoms with Crippen LogP contribution in [0, 0.1) is 0 Å². The molecule has 0 saturated carbocycles. The molecular formula is C18H14N8. The van der Waals surface area contributed by atoms with Crippen molar-refractivity contribution in [3.8, 4) is 11.4 Å². The van der Waals surface area contributed by atoms with E-state index in [1.54, 1.807) is 21.4 Å². The maximum absolute atomic E-state index is 4.63. The standard InChI is InChI=1S/C18H14N8/c1-2-4-13(5-3-1)18-23-22-17-7-6-15(24-26(17)18)20-12-14-8-10-19-16-9-11-21-25(14)16/h1-11H,12H2,(H,20,24). The molecule has 1 N–H and O–H groups in total. The van der Waals surface area contributed by atoms with E-state index in [1.807, 2.05) is 54.6 Å². The van der Waals surface area contributed by atoms with Crippen molar-refractivity contribution in [2.24, 2.45) is 0 Å². The van der Waals surface area contributed by atoms with Gasteiger partial charge in [-0.2, -0.15) is 9.61 Å². The van der Waals surface area contributed by atoms with Crippen molar-refractivity contribution < 1.29 is 0 Å². The first-order valence-electron chi connectivity index (χ1n) is 8.18. The van der Waals surface area contributed by atoms with Gasteiger partial charge >= 0.3 is 0 Å². The predicted octanol–water partition coefficient (Wildman–Crippen LogP) is 2.45. The van der Waals surface area contributed by atoms with Gasteiger partial charge in [0.05, 0.1) is 18.4 Å². The van der Waals surface area contributed by atoms with Crippen molar-refractivity contribution in [1.29, 1.82) is 0 Å². The van der Waals surface area contributed by atoms with E-state index in [0.717, 1.165) is 22.7 Å². The van der Waals surface area contributed by atoms with E-state index in [1.165, 1.54) is 0 Å². The summed E-state index contributed by atoms with van der Waals surface area (Å²) >= 11 is 0. The molecule has 5 aromatic rings. The highest BCUT2D eigenvalue weighted by atomic mass is 15.4. The smallest absolute Gasteiger partial charge is 0.185 e. The molecule has 0 amide bonds. The molecule has 0 saturated heterocycles. The highest BCUT2D eigenvalue weighted by Gasteiger charge is 2.10. The molecule has 4 heterocycles. The van der Waals surface area contributed by atoms with Crippen LogP contribution in [0.4, 0.5) is 5.82 Å². The Hall–Kier alpha value is -3.81. The Balaban J connectivity index is 1.47. The van der Waals surface area contributed by atoms with Crippen LogP contribution in [-0.2, 0) is 6.54 Å². The summed E-state index contributed by atoms with van der Waals surface area (Å²) in [6, 6.07) is 17.5. The number of hydrogen-bond acceptors (Lipinski definition) is 6. The second-order valence-electron chi connectivity index (χ2n) is 5.77. The van der Waals surface area contributed by atoms with Gasteiger partial charge in [0, 0.05) is 17.8 Å². The van der Waals surface area contributed by atoms with E-state index in [9.17, 15) is 0 Å². The molecule has 8 nitrogen and oxygen atoms in total. The summed E-state index contributed by atoms with van der Waals surface area (Å²) in [5.41, 5.74) is 3.48. The summed E-state index contributed by atoms with van der Waals surface area (Å²) in [7, 11) is 0. The minimum atomic E-state index is 0.571. The second kappa shape index (κ2) is 5.92. The van der Waals surface area contributed by atoms with Gasteiger partial charge in [-0.1, -0.05) is 30.3 Å². The zero-order chi connectivity index (χ0) is 17.3. The lowest BCUT2D eigenvalue weighted by Gasteiger charge is -2.08. The van der Waals surface area contributed by atoms with E-state index in [-0.39, 0.29) is 0 Å². The number of hydrogen-bond donors (Lipinski definition) is 1. The molecule has 0 radical (unpaired) electrons. The normalized spacial score (nSPS) is 11.2. The van der Waals surface area contributed by atoms with Crippen LogP contribution in [0.15, 0.2) is 67.0 Å². The van der Waals surface area contributed by atoms with Crippen LogP contribution in [-0.4, -0.2) is 34.4 Å². The van der Waals surface area contributed by atoms with Gasteiger partial charge in [0.15, 0.2) is 17.1 Å². The van der Waals surface area contributed by atoms with E-state index in [2.05, 4.69) is 30.7 Å². The summed E-state index contributed by atoms with van der Waals surface area (Å²) < 4.78 is 3.55. The highest BCUT2D eigenvalue weighted by Crippen LogP contribution is 2.18. The lowest BCUT2D eigenvalue weighted by atomic mass is 10.2. The van der Waals surface area contributed by atoms with Crippen molar-refractivity contribution in [2.75, 3.05) is 5.32 Å². The van der Waals surface area contributed by atoms with Crippen molar-refractivity contribution >= 4 is 17.1 Å². The Morgan fingerprint density at radius 3 is 2.65 bits per heavy atom. The number of nitrogens with one attached hydrogen (secondary N) is 1. The molecule has 0 bridgehead atoms. The van der Waals surface area contributed by atoms with E-state index in [4.69, 9.17) is 0 Å². The number of benzene rings is 1. The molecule has 0 spiro atoms. The molecular weight excluding hydrogens is 328 g/mol. The third-order valence-corrected chi connectivity index (χ3v) is 4.11. The molecule has 0 aliphatic heterocycles. The molecule has 0 atom stereocenters. The lowest BCUT2D eigenvalue weighted by molar-refractivity contribution is 0.844. The van der Waals surface area contributed by atoms with Gasteiger partial charge in [-0.05, 0) is 18.2 Å². The zero-order valence-corrected chi connectivity index (χ0v) is 13.7. The van der Waals surface area contributed by atoms with E-state index in [0.29, 0.717) is 18.0 Å². The van der Waals surface area contributed by atoms with Crippen LogP contribution >= 0.6 is 0 Å². The highest BCUT2D eigenvalue weighted by molar-refractivity contribution is 5.59. The number of fused-ring (bicyclic) bond motifs is 2. The molecule has 26 heavy (non-hydrogen) atoms. The van der Waals surface area contributed by atoms with E-state index < -0.39 is 0 Å². The van der Waals surface area contributed by atoms with Crippen LogP contribution in [0.3, 0.4) is 0 Å². The van der Waals surface area contributed by atoms with Gasteiger partial charge in [0.25, 0.3) is 0 Å².